The maximum atomic E-state index is 12.0. The Bertz CT molecular complexity index is 861. The molecule has 2 aromatic rings. The van der Waals surface area contributed by atoms with Gasteiger partial charge in [0.15, 0.2) is 0 Å². The van der Waals surface area contributed by atoms with Gasteiger partial charge in [0.2, 0.25) is 17.5 Å². The molecule has 2 heterocycles. The second-order valence-corrected chi connectivity index (χ2v) is 6.06. The zero-order valence-corrected chi connectivity index (χ0v) is 14.4. The van der Waals surface area contributed by atoms with E-state index >= 15 is 0 Å². The number of carbonyl (C=O) groups is 1. The summed E-state index contributed by atoms with van der Waals surface area (Å²) in [5, 5.41) is 39.4. The van der Waals surface area contributed by atoms with Gasteiger partial charge in [-0.3, -0.25) is 4.79 Å². The van der Waals surface area contributed by atoms with Crippen LogP contribution in [0.4, 0.5) is 0 Å². The minimum Gasteiger partial charge on any atom is -0.508 e. The van der Waals surface area contributed by atoms with Crippen molar-refractivity contribution in [1.29, 1.82) is 0 Å². The van der Waals surface area contributed by atoms with E-state index in [1.54, 1.807) is 0 Å². The van der Waals surface area contributed by atoms with Crippen molar-refractivity contribution >= 4 is 5.97 Å². The zero-order chi connectivity index (χ0) is 20.3. The first-order valence-electron chi connectivity index (χ1n) is 8.26. The molecule has 3 rings (SSSR count). The fraction of sp³-hybridized carbons (Fsp3) is 0.333. The average Bonchev–Trinajstić information content (AvgIpc) is 2.69. The van der Waals surface area contributed by atoms with Crippen molar-refractivity contribution in [1.82, 2.24) is 0 Å². The molecule has 0 spiro atoms. The molecular weight excluding hydrogens is 376 g/mol. The first kappa shape index (κ1) is 19.8. The number of aliphatic hydroxyl groups is 3. The molecule has 150 valence electrons. The molecule has 1 saturated heterocycles. The van der Waals surface area contributed by atoms with Crippen LogP contribution in [0, 0.1) is 0 Å². The summed E-state index contributed by atoms with van der Waals surface area (Å²) in [5.41, 5.74) is -0.392. The summed E-state index contributed by atoms with van der Waals surface area (Å²) in [6.45, 7) is -0.464. The third kappa shape index (κ3) is 4.31. The molecule has 10 nitrogen and oxygen atoms in total. The van der Waals surface area contributed by atoms with Crippen LogP contribution in [-0.2, 0) is 9.47 Å². The summed E-state index contributed by atoms with van der Waals surface area (Å²) < 4.78 is 20.5. The smallest absolute Gasteiger partial charge is 0.338 e. The van der Waals surface area contributed by atoms with E-state index in [1.807, 2.05) is 0 Å². The van der Waals surface area contributed by atoms with E-state index in [-0.39, 0.29) is 17.1 Å². The zero-order valence-electron chi connectivity index (χ0n) is 14.4. The monoisotopic (exact) mass is 394 g/mol. The Hall–Kier alpha value is -2.92. The molecule has 1 fully saturated rings. The minimum absolute atomic E-state index is 0.0231. The normalized spacial score (nSPS) is 27.2. The quantitative estimate of drug-likeness (QED) is 0.482. The number of hydrogen-bond acceptors (Lipinski definition) is 10. The van der Waals surface area contributed by atoms with Gasteiger partial charge in [-0.25, -0.2) is 4.79 Å². The van der Waals surface area contributed by atoms with Crippen LogP contribution < -0.4 is 10.2 Å². The first-order chi connectivity index (χ1) is 13.4. The van der Waals surface area contributed by atoms with Crippen molar-refractivity contribution in [3.05, 3.63) is 58.6 Å². The second kappa shape index (κ2) is 8.40. The predicted molar refractivity (Wildman–Crippen MR) is 90.7 cm³/mol. The predicted octanol–water partition coefficient (Wildman–Crippen LogP) is -0.611. The number of aromatic hydroxyl groups is 1. The first-order valence-corrected chi connectivity index (χ1v) is 8.26. The molecule has 0 saturated carbocycles. The Balaban J connectivity index is 1.66. The van der Waals surface area contributed by atoms with Gasteiger partial charge in [0.05, 0.1) is 11.8 Å². The van der Waals surface area contributed by atoms with Crippen molar-refractivity contribution in [2.24, 2.45) is 0 Å². The van der Waals surface area contributed by atoms with Crippen LogP contribution in [0.15, 0.2) is 52.1 Å². The summed E-state index contributed by atoms with van der Waals surface area (Å²) in [4.78, 5) is 23.7. The molecule has 1 aromatic heterocycles. The standard InChI is InChI=1S/C18H18O10/c19-10-3-1-9(2-4-10)17(24)26-8-13-14(21)15(22)16(23)18(28-13)27-12-7-25-6-5-11(12)20/h1-7,13-16,18-19,21-23H,8H2. The van der Waals surface area contributed by atoms with Crippen LogP contribution in [-0.4, -0.2) is 63.7 Å². The van der Waals surface area contributed by atoms with Crippen LogP contribution in [0.5, 0.6) is 11.5 Å². The molecule has 1 aliphatic rings. The Morgan fingerprint density at radius 2 is 1.75 bits per heavy atom. The second-order valence-electron chi connectivity index (χ2n) is 6.06. The van der Waals surface area contributed by atoms with Crippen molar-refractivity contribution < 1.29 is 43.8 Å². The summed E-state index contributed by atoms with van der Waals surface area (Å²) in [5.74, 6) is -1.04. The van der Waals surface area contributed by atoms with Gasteiger partial charge < -0.3 is 39.1 Å². The fourth-order valence-electron chi connectivity index (χ4n) is 2.54. The van der Waals surface area contributed by atoms with Crippen molar-refractivity contribution in [2.75, 3.05) is 6.61 Å². The highest BCUT2D eigenvalue weighted by atomic mass is 16.7. The molecule has 28 heavy (non-hydrogen) atoms. The lowest BCUT2D eigenvalue weighted by atomic mass is 9.99. The van der Waals surface area contributed by atoms with Crippen molar-refractivity contribution in [3.8, 4) is 11.5 Å². The number of phenols is 1. The lowest BCUT2D eigenvalue weighted by molar-refractivity contribution is -0.277. The number of rotatable bonds is 5. The number of ether oxygens (including phenoxy) is 3. The number of benzene rings is 1. The number of esters is 1. The molecule has 5 unspecified atom stereocenters. The number of hydrogen-bond donors (Lipinski definition) is 4. The summed E-state index contributed by atoms with van der Waals surface area (Å²) in [7, 11) is 0. The summed E-state index contributed by atoms with van der Waals surface area (Å²) >= 11 is 0. The van der Waals surface area contributed by atoms with E-state index in [9.17, 15) is 30.0 Å². The van der Waals surface area contributed by atoms with Crippen LogP contribution in [0.3, 0.4) is 0 Å². The molecule has 5 atom stereocenters. The third-order valence-electron chi connectivity index (χ3n) is 4.11. The highest BCUT2D eigenvalue weighted by molar-refractivity contribution is 5.89. The van der Waals surface area contributed by atoms with Gasteiger partial charge in [-0.2, -0.15) is 0 Å². The molecule has 0 radical (unpaired) electrons. The van der Waals surface area contributed by atoms with Crippen molar-refractivity contribution in [3.63, 3.8) is 0 Å². The van der Waals surface area contributed by atoms with Gasteiger partial charge >= 0.3 is 5.97 Å². The van der Waals surface area contributed by atoms with Crippen molar-refractivity contribution in [2.45, 2.75) is 30.7 Å². The Morgan fingerprint density at radius 1 is 1.04 bits per heavy atom. The molecule has 1 aromatic carbocycles. The average molecular weight is 394 g/mol. The van der Waals surface area contributed by atoms with Crippen LogP contribution in [0.1, 0.15) is 10.4 Å². The van der Waals surface area contributed by atoms with Crippen LogP contribution >= 0.6 is 0 Å². The Labute approximate surface area is 158 Å². The number of carbonyl (C=O) groups excluding carboxylic acids is 1. The van der Waals surface area contributed by atoms with Gasteiger partial charge in [0.25, 0.3) is 0 Å². The SMILES string of the molecule is O=C(OCC1OC(Oc2coccc2=O)C(O)C(O)C1O)c1ccc(O)cc1. The highest BCUT2D eigenvalue weighted by Gasteiger charge is 2.45. The van der Waals surface area contributed by atoms with Gasteiger partial charge in [0.1, 0.15) is 43.0 Å². The van der Waals surface area contributed by atoms with E-state index in [4.69, 9.17) is 18.6 Å². The van der Waals surface area contributed by atoms with E-state index in [2.05, 4.69) is 0 Å². The number of aliphatic hydroxyl groups excluding tert-OH is 3. The number of phenolic OH excluding ortho intramolecular Hbond substituents is 1. The summed E-state index contributed by atoms with van der Waals surface area (Å²) in [6, 6.07) is 6.38. The van der Waals surface area contributed by atoms with Crippen LogP contribution in [0.2, 0.25) is 0 Å². The topological polar surface area (TPSA) is 156 Å². The third-order valence-corrected chi connectivity index (χ3v) is 4.11. The molecule has 0 aliphatic carbocycles. The molecular formula is C18H18O10. The highest BCUT2D eigenvalue weighted by Crippen LogP contribution is 2.23. The Kier molecular flexibility index (Phi) is 5.95. The molecule has 10 heteroatoms. The Morgan fingerprint density at radius 3 is 2.43 bits per heavy atom. The van der Waals surface area contributed by atoms with E-state index < -0.39 is 48.7 Å². The van der Waals surface area contributed by atoms with E-state index in [1.165, 1.54) is 24.3 Å². The van der Waals surface area contributed by atoms with Gasteiger partial charge in [-0.1, -0.05) is 0 Å². The van der Waals surface area contributed by atoms with E-state index in [0.717, 1.165) is 18.6 Å². The fourth-order valence-corrected chi connectivity index (χ4v) is 2.54. The van der Waals surface area contributed by atoms with Gasteiger partial charge in [0, 0.05) is 6.07 Å². The van der Waals surface area contributed by atoms with Crippen LogP contribution in [0.25, 0.3) is 0 Å². The summed E-state index contributed by atoms with van der Waals surface area (Å²) in [6.07, 6.45) is -5.53. The molecule has 4 N–H and O–H groups in total. The minimum atomic E-state index is -1.67. The lowest BCUT2D eigenvalue weighted by Gasteiger charge is -2.39. The van der Waals surface area contributed by atoms with Gasteiger partial charge in [-0.15, -0.1) is 0 Å². The van der Waals surface area contributed by atoms with E-state index in [0.29, 0.717) is 0 Å². The molecule has 0 bridgehead atoms. The maximum Gasteiger partial charge on any atom is 0.338 e. The molecule has 1 aliphatic heterocycles. The van der Waals surface area contributed by atoms with Gasteiger partial charge in [-0.05, 0) is 24.3 Å². The largest absolute Gasteiger partial charge is 0.508 e. The maximum absolute atomic E-state index is 12.0. The lowest BCUT2D eigenvalue weighted by Crippen LogP contribution is -2.60. The molecule has 0 amide bonds.